The molecule has 0 saturated heterocycles. The molecule has 0 fully saturated rings. The van der Waals surface area contributed by atoms with Gasteiger partial charge in [-0.05, 0) is 26.0 Å². The second-order valence-electron chi connectivity index (χ2n) is 3.19. The lowest BCUT2D eigenvalue weighted by Gasteiger charge is -2.03. The molecule has 4 heteroatoms. The Balaban J connectivity index is 2.32. The third kappa shape index (κ3) is 1.58. The molecule has 0 aliphatic heterocycles. The van der Waals surface area contributed by atoms with Crippen LogP contribution in [0.5, 0.6) is 0 Å². The van der Waals surface area contributed by atoms with Gasteiger partial charge in [0.15, 0.2) is 0 Å². The normalized spacial score (nSPS) is 13.1. The largest absolute Gasteiger partial charge is 0.467 e. The summed E-state index contributed by atoms with van der Waals surface area (Å²) in [5.41, 5.74) is 7.05. The Morgan fingerprint density at radius 2 is 2.29 bits per heavy atom. The van der Waals surface area contributed by atoms with Gasteiger partial charge in [-0.3, -0.25) is 0 Å². The number of furan rings is 1. The lowest BCUT2D eigenvalue weighted by atomic mass is 10.2. The summed E-state index contributed by atoms with van der Waals surface area (Å²) < 4.78 is 5.24. The number of hydrogen-bond donors (Lipinski definition) is 1. The van der Waals surface area contributed by atoms with Crippen molar-refractivity contribution in [3.8, 4) is 0 Å². The van der Waals surface area contributed by atoms with Gasteiger partial charge in [0.25, 0.3) is 0 Å². The van der Waals surface area contributed by atoms with E-state index >= 15 is 0 Å². The molecule has 0 saturated carbocycles. The minimum Gasteiger partial charge on any atom is -0.467 e. The van der Waals surface area contributed by atoms with E-state index in [0.717, 1.165) is 16.5 Å². The predicted octanol–water partition coefficient (Wildman–Crippen LogP) is 2.40. The number of hydrogen-bond acceptors (Lipinski definition) is 4. The molecule has 14 heavy (non-hydrogen) atoms. The van der Waals surface area contributed by atoms with Gasteiger partial charge in [-0.25, -0.2) is 4.98 Å². The zero-order valence-corrected chi connectivity index (χ0v) is 8.97. The molecule has 0 spiro atoms. The highest BCUT2D eigenvalue weighted by molar-refractivity contribution is 7.11. The minimum absolute atomic E-state index is 0.234. The zero-order chi connectivity index (χ0) is 10.1. The Morgan fingerprint density at radius 1 is 1.50 bits per heavy atom. The molecule has 2 aromatic heterocycles. The molecule has 74 valence electrons. The van der Waals surface area contributed by atoms with Gasteiger partial charge in [0.05, 0.1) is 12.0 Å². The van der Waals surface area contributed by atoms with Crippen molar-refractivity contribution in [1.82, 2.24) is 4.98 Å². The van der Waals surface area contributed by atoms with Crippen molar-refractivity contribution in [2.75, 3.05) is 0 Å². The third-order valence-corrected chi connectivity index (χ3v) is 3.32. The van der Waals surface area contributed by atoms with E-state index in [0.29, 0.717) is 0 Å². The number of aromatic nitrogens is 1. The Morgan fingerprint density at radius 3 is 2.79 bits per heavy atom. The lowest BCUT2D eigenvalue weighted by Crippen LogP contribution is -2.10. The van der Waals surface area contributed by atoms with E-state index in [2.05, 4.69) is 4.98 Å². The first-order valence-electron chi connectivity index (χ1n) is 4.41. The van der Waals surface area contributed by atoms with E-state index < -0.39 is 0 Å². The summed E-state index contributed by atoms with van der Waals surface area (Å²) >= 11 is 1.62. The second kappa shape index (κ2) is 3.55. The number of nitrogens with two attached hydrogens (primary N) is 1. The van der Waals surface area contributed by atoms with Gasteiger partial charge in [-0.2, -0.15) is 0 Å². The van der Waals surface area contributed by atoms with Crippen molar-refractivity contribution < 1.29 is 4.42 Å². The first-order valence-corrected chi connectivity index (χ1v) is 5.23. The van der Waals surface area contributed by atoms with Gasteiger partial charge >= 0.3 is 0 Å². The van der Waals surface area contributed by atoms with Crippen molar-refractivity contribution in [1.29, 1.82) is 0 Å². The fourth-order valence-corrected chi connectivity index (χ4v) is 2.15. The van der Waals surface area contributed by atoms with Gasteiger partial charge in [0.2, 0.25) is 0 Å². The average Bonchev–Trinajstić information content (AvgIpc) is 2.76. The number of aryl methyl sites for hydroxylation is 2. The molecule has 0 aliphatic rings. The quantitative estimate of drug-likeness (QED) is 0.824. The van der Waals surface area contributed by atoms with Gasteiger partial charge in [0, 0.05) is 4.88 Å². The van der Waals surface area contributed by atoms with Crippen LogP contribution in [0.3, 0.4) is 0 Å². The second-order valence-corrected chi connectivity index (χ2v) is 4.42. The van der Waals surface area contributed by atoms with Crippen molar-refractivity contribution in [3.05, 3.63) is 39.7 Å². The summed E-state index contributed by atoms with van der Waals surface area (Å²) in [6, 6.07) is 3.47. The Kier molecular flexibility index (Phi) is 2.39. The van der Waals surface area contributed by atoms with E-state index in [9.17, 15) is 0 Å². The molecule has 2 heterocycles. The van der Waals surface area contributed by atoms with Crippen molar-refractivity contribution in [3.63, 3.8) is 0 Å². The molecular formula is C10H12N2OS. The van der Waals surface area contributed by atoms with Crippen LogP contribution in [-0.4, -0.2) is 4.98 Å². The van der Waals surface area contributed by atoms with E-state index in [4.69, 9.17) is 10.2 Å². The molecule has 0 aromatic carbocycles. The first kappa shape index (κ1) is 9.43. The van der Waals surface area contributed by atoms with Crippen LogP contribution in [-0.2, 0) is 0 Å². The summed E-state index contributed by atoms with van der Waals surface area (Å²) in [4.78, 5) is 5.61. The SMILES string of the molecule is Cc1nc(C(N)c2ccco2)sc1C. The summed E-state index contributed by atoms with van der Waals surface area (Å²) in [5, 5.41) is 0.912. The highest BCUT2D eigenvalue weighted by Gasteiger charge is 2.16. The predicted molar refractivity (Wildman–Crippen MR) is 56.3 cm³/mol. The van der Waals surface area contributed by atoms with Gasteiger partial charge in [-0.15, -0.1) is 11.3 Å². The van der Waals surface area contributed by atoms with Crippen LogP contribution in [0.25, 0.3) is 0 Å². The molecule has 2 rings (SSSR count). The van der Waals surface area contributed by atoms with Crippen LogP contribution < -0.4 is 5.73 Å². The van der Waals surface area contributed by atoms with E-state index in [-0.39, 0.29) is 6.04 Å². The smallest absolute Gasteiger partial charge is 0.127 e. The summed E-state index contributed by atoms with van der Waals surface area (Å²) in [6.45, 7) is 4.04. The van der Waals surface area contributed by atoms with Gasteiger partial charge in [0.1, 0.15) is 16.8 Å². The Bertz CT molecular complexity index is 400. The Labute approximate surface area is 86.6 Å². The van der Waals surface area contributed by atoms with Crippen LogP contribution in [0.4, 0.5) is 0 Å². The molecule has 1 unspecified atom stereocenters. The van der Waals surface area contributed by atoms with Crippen LogP contribution in [0.15, 0.2) is 22.8 Å². The third-order valence-electron chi connectivity index (χ3n) is 2.16. The fraction of sp³-hybridized carbons (Fsp3) is 0.300. The monoisotopic (exact) mass is 208 g/mol. The van der Waals surface area contributed by atoms with Gasteiger partial charge < -0.3 is 10.2 Å². The summed E-state index contributed by atoms with van der Waals surface area (Å²) in [6.07, 6.45) is 1.63. The van der Waals surface area contributed by atoms with E-state index in [1.165, 1.54) is 4.88 Å². The highest BCUT2D eigenvalue weighted by atomic mass is 32.1. The van der Waals surface area contributed by atoms with Crippen LogP contribution in [0.1, 0.15) is 27.4 Å². The fourth-order valence-electron chi connectivity index (χ4n) is 1.22. The summed E-state index contributed by atoms with van der Waals surface area (Å²) in [5.74, 6) is 0.763. The maximum absolute atomic E-state index is 6.00. The molecule has 0 bridgehead atoms. The molecule has 0 aliphatic carbocycles. The molecule has 2 N–H and O–H groups in total. The van der Waals surface area contributed by atoms with Crippen LogP contribution in [0, 0.1) is 13.8 Å². The van der Waals surface area contributed by atoms with Crippen molar-refractivity contribution in [2.24, 2.45) is 5.73 Å². The number of rotatable bonds is 2. The molecular weight excluding hydrogens is 196 g/mol. The molecule has 0 radical (unpaired) electrons. The summed E-state index contributed by atoms with van der Waals surface area (Å²) in [7, 11) is 0. The average molecular weight is 208 g/mol. The number of thiazole rings is 1. The molecule has 3 nitrogen and oxygen atoms in total. The van der Waals surface area contributed by atoms with Crippen LogP contribution >= 0.6 is 11.3 Å². The van der Waals surface area contributed by atoms with Crippen molar-refractivity contribution in [2.45, 2.75) is 19.9 Å². The maximum Gasteiger partial charge on any atom is 0.127 e. The minimum atomic E-state index is -0.234. The standard InChI is InChI=1S/C10H12N2OS/c1-6-7(2)14-10(12-6)9(11)8-4-3-5-13-8/h3-5,9H,11H2,1-2H3. The highest BCUT2D eigenvalue weighted by Crippen LogP contribution is 2.25. The maximum atomic E-state index is 6.00. The number of nitrogens with zero attached hydrogens (tertiary/aromatic N) is 1. The molecule has 1 atom stereocenters. The molecule has 2 aromatic rings. The van der Waals surface area contributed by atoms with E-state index in [1.54, 1.807) is 17.6 Å². The first-order chi connectivity index (χ1) is 6.68. The topological polar surface area (TPSA) is 52.0 Å². The van der Waals surface area contributed by atoms with Crippen molar-refractivity contribution >= 4 is 11.3 Å². The zero-order valence-electron chi connectivity index (χ0n) is 8.15. The van der Waals surface area contributed by atoms with Gasteiger partial charge in [-0.1, -0.05) is 0 Å². The lowest BCUT2D eigenvalue weighted by molar-refractivity contribution is 0.489. The van der Waals surface area contributed by atoms with E-state index in [1.807, 2.05) is 26.0 Å². The molecule has 0 amide bonds. The van der Waals surface area contributed by atoms with Crippen LogP contribution in [0.2, 0.25) is 0 Å². The Hall–Kier alpha value is -1.13.